The number of allylic oxidation sites excluding steroid dienone is 1. The predicted octanol–water partition coefficient (Wildman–Crippen LogP) is 7.23. The molecule has 0 bridgehead atoms. The molecule has 1 aliphatic rings. The Hall–Kier alpha value is -2.30. The molecule has 1 atom stereocenters. The first-order chi connectivity index (χ1) is 15.3. The summed E-state index contributed by atoms with van der Waals surface area (Å²) in [6.45, 7) is 8.59. The van der Waals surface area contributed by atoms with Crippen molar-refractivity contribution in [3.63, 3.8) is 0 Å². The molecule has 0 unspecified atom stereocenters. The smallest absolute Gasteiger partial charge is 0.311 e. The summed E-state index contributed by atoms with van der Waals surface area (Å²) in [5.74, 6) is -0.163. The van der Waals surface area contributed by atoms with E-state index in [4.69, 9.17) is 9.47 Å². The van der Waals surface area contributed by atoms with Crippen LogP contribution in [0.3, 0.4) is 0 Å². The lowest BCUT2D eigenvalue weighted by molar-refractivity contribution is -0.139. The van der Waals surface area contributed by atoms with Crippen LogP contribution in [0, 0.1) is 5.92 Å². The summed E-state index contributed by atoms with van der Waals surface area (Å²) < 4.78 is 11.5. The van der Waals surface area contributed by atoms with E-state index in [0.717, 1.165) is 49.0 Å². The molecule has 1 N–H and O–H groups in total. The van der Waals surface area contributed by atoms with Crippen molar-refractivity contribution in [1.29, 1.82) is 0 Å². The van der Waals surface area contributed by atoms with Gasteiger partial charge in [-0.25, -0.2) is 0 Å². The van der Waals surface area contributed by atoms with Gasteiger partial charge in [0.1, 0.15) is 12.4 Å². The van der Waals surface area contributed by atoms with Gasteiger partial charge in [0.25, 0.3) is 0 Å². The number of hydrogen-bond acceptors (Lipinski definition) is 4. The first-order valence-corrected chi connectivity index (χ1v) is 12.3. The standard InChI is InChI=1S/C27H40O5/c1-5-6-7-8-9-10-11-12-26(28)32-25-17-22-18-31-23(14-13-19(2)3)15-21(22)16-24(25)20(4)27(29)30/h15-17,19-20H,5-14,18H2,1-4H3,(H,29,30)/t20-/m1/s1. The van der Waals surface area contributed by atoms with Gasteiger partial charge in [-0.3, -0.25) is 9.59 Å². The van der Waals surface area contributed by atoms with E-state index in [1.165, 1.54) is 25.7 Å². The monoisotopic (exact) mass is 444 g/mol. The van der Waals surface area contributed by atoms with Gasteiger partial charge in [-0.05, 0) is 49.5 Å². The molecular weight excluding hydrogens is 404 g/mol. The second-order valence-corrected chi connectivity index (χ2v) is 9.33. The Morgan fingerprint density at radius 2 is 1.75 bits per heavy atom. The summed E-state index contributed by atoms with van der Waals surface area (Å²) in [5, 5.41) is 9.58. The Bertz CT molecular complexity index is 793. The first kappa shape index (κ1) is 26.0. The number of carboxylic acid groups (broad SMARTS) is 1. The number of rotatable bonds is 14. The fourth-order valence-corrected chi connectivity index (χ4v) is 3.84. The highest BCUT2D eigenvalue weighted by Gasteiger charge is 2.24. The predicted molar refractivity (Wildman–Crippen MR) is 128 cm³/mol. The average molecular weight is 445 g/mol. The van der Waals surface area contributed by atoms with Gasteiger partial charge in [0.05, 0.1) is 11.7 Å². The van der Waals surface area contributed by atoms with Gasteiger partial charge in [0.2, 0.25) is 0 Å². The summed E-state index contributed by atoms with van der Waals surface area (Å²) in [6, 6.07) is 3.63. The minimum atomic E-state index is -0.939. The number of unbranched alkanes of at least 4 members (excludes halogenated alkanes) is 6. The van der Waals surface area contributed by atoms with Crippen LogP contribution in [-0.2, 0) is 20.9 Å². The SMILES string of the molecule is CCCCCCCCCC(=O)Oc1cc2c(cc1[C@@H](C)C(=O)O)C=C(CCC(C)C)OC2. The molecule has 5 heteroatoms. The van der Waals surface area contributed by atoms with Gasteiger partial charge >= 0.3 is 11.9 Å². The second kappa shape index (κ2) is 13.3. The van der Waals surface area contributed by atoms with Crippen LogP contribution < -0.4 is 4.74 Å². The maximum absolute atomic E-state index is 12.4. The lowest BCUT2D eigenvalue weighted by Gasteiger charge is -2.22. The molecule has 0 fully saturated rings. The van der Waals surface area contributed by atoms with Crippen LogP contribution in [0.15, 0.2) is 17.9 Å². The van der Waals surface area contributed by atoms with Crippen LogP contribution in [0.2, 0.25) is 0 Å². The number of carbonyl (C=O) groups excluding carboxylic acids is 1. The number of carbonyl (C=O) groups is 2. The van der Waals surface area contributed by atoms with Crippen LogP contribution in [0.4, 0.5) is 0 Å². The van der Waals surface area contributed by atoms with Gasteiger partial charge in [0.15, 0.2) is 0 Å². The van der Waals surface area contributed by atoms with E-state index in [1.807, 2.05) is 12.1 Å². The molecule has 0 spiro atoms. The van der Waals surface area contributed by atoms with Gasteiger partial charge in [0, 0.05) is 24.0 Å². The van der Waals surface area contributed by atoms with Crippen molar-refractivity contribution in [2.24, 2.45) is 5.92 Å². The quantitative estimate of drug-likeness (QED) is 0.186. The van der Waals surface area contributed by atoms with Crippen molar-refractivity contribution in [3.8, 4) is 5.75 Å². The third-order valence-electron chi connectivity index (χ3n) is 6.01. The van der Waals surface area contributed by atoms with Crippen LogP contribution in [0.1, 0.15) is 115 Å². The van der Waals surface area contributed by atoms with Crippen molar-refractivity contribution in [2.45, 2.75) is 104 Å². The molecule has 1 heterocycles. The summed E-state index contributed by atoms with van der Waals surface area (Å²) in [5.41, 5.74) is 2.40. The summed E-state index contributed by atoms with van der Waals surface area (Å²) >= 11 is 0. The number of esters is 1. The molecule has 1 aliphatic heterocycles. The second-order valence-electron chi connectivity index (χ2n) is 9.33. The van der Waals surface area contributed by atoms with E-state index in [1.54, 1.807) is 13.0 Å². The van der Waals surface area contributed by atoms with Crippen molar-refractivity contribution < 1.29 is 24.2 Å². The molecular formula is C27H40O5. The van der Waals surface area contributed by atoms with Gasteiger partial charge in [-0.15, -0.1) is 0 Å². The van der Waals surface area contributed by atoms with Crippen molar-refractivity contribution >= 4 is 18.0 Å². The maximum atomic E-state index is 12.4. The zero-order valence-corrected chi connectivity index (χ0v) is 20.2. The van der Waals surface area contributed by atoms with E-state index < -0.39 is 11.9 Å². The van der Waals surface area contributed by atoms with E-state index >= 15 is 0 Å². The Balaban J connectivity index is 2.06. The van der Waals surface area contributed by atoms with Gasteiger partial charge in [-0.2, -0.15) is 0 Å². The van der Waals surface area contributed by atoms with Crippen LogP contribution in [-0.4, -0.2) is 17.0 Å². The Labute approximate surface area is 193 Å². The Kier molecular flexibility index (Phi) is 10.8. The maximum Gasteiger partial charge on any atom is 0.311 e. The topological polar surface area (TPSA) is 72.8 Å². The number of ether oxygens (including phenoxy) is 2. The minimum Gasteiger partial charge on any atom is -0.493 e. The van der Waals surface area contributed by atoms with Crippen LogP contribution >= 0.6 is 0 Å². The number of hydrogen-bond donors (Lipinski definition) is 1. The molecule has 32 heavy (non-hydrogen) atoms. The summed E-state index contributed by atoms with van der Waals surface area (Å²) in [6.07, 6.45) is 12.1. The van der Waals surface area contributed by atoms with Crippen LogP contribution in [0.5, 0.6) is 5.75 Å². The number of benzene rings is 1. The molecule has 2 rings (SSSR count). The van der Waals surface area contributed by atoms with Crippen molar-refractivity contribution in [3.05, 3.63) is 34.6 Å². The molecule has 0 amide bonds. The number of fused-ring (bicyclic) bond motifs is 1. The lowest BCUT2D eigenvalue weighted by atomic mass is 9.93. The molecule has 0 radical (unpaired) electrons. The largest absolute Gasteiger partial charge is 0.493 e. The zero-order chi connectivity index (χ0) is 23.5. The van der Waals surface area contributed by atoms with E-state index in [-0.39, 0.29) is 5.97 Å². The number of aliphatic carboxylic acids is 1. The van der Waals surface area contributed by atoms with E-state index in [9.17, 15) is 14.7 Å². The molecule has 5 nitrogen and oxygen atoms in total. The van der Waals surface area contributed by atoms with Gasteiger partial charge in [-0.1, -0.05) is 59.3 Å². The third kappa shape index (κ3) is 8.33. The fraction of sp³-hybridized carbons (Fsp3) is 0.630. The molecule has 0 aliphatic carbocycles. The highest BCUT2D eigenvalue weighted by molar-refractivity contribution is 5.79. The average Bonchev–Trinajstić information content (AvgIpc) is 2.76. The number of carboxylic acids is 1. The molecule has 0 saturated carbocycles. The third-order valence-corrected chi connectivity index (χ3v) is 6.01. The fourth-order valence-electron chi connectivity index (χ4n) is 3.84. The zero-order valence-electron chi connectivity index (χ0n) is 20.2. The molecule has 178 valence electrons. The summed E-state index contributed by atoms with van der Waals surface area (Å²) in [4.78, 5) is 24.1. The lowest BCUT2D eigenvalue weighted by Crippen LogP contribution is -2.15. The van der Waals surface area contributed by atoms with E-state index in [0.29, 0.717) is 30.3 Å². The molecule has 1 aromatic carbocycles. The molecule has 0 saturated heterocycles. The van der Waals surface area contributed by atoms with Crippen LogP contribution in [0.25, 0.3) is 6.08 Å². The van der Waals surface area contributed by atoms with Gasteiger partial charge < -0.3 is 14.6 Å². The minimum absolute atomic E-state index is 0.303. The highest BCUT2D eigenvalue weighted by atomic mass is 16.5. The highest BCUT2D eigenvalue weighted by Crippen LogP contribution is 2.35. The Morgan fingerprint density at radius 3 is 2.41 bits per heavy atom. The van der Waals surface area contributed by atoms with E-state index in [2.05, 4.69) is 20.8 Å². The van der Waals surface area contributed by atoms with Crippen molar-refractivity contribution in [1.82, 2.24) is 0 Å². The summed E-state index contributed by atoms with van der Waals surface area (Å²) in [7, 11) is 0. The van der Waals surface area contributed by atoms with Crippen molar-refractivity contribution in [2.75, 3.05) is 0 Å². The normalized spacial score (nSPS) is 13.8. The Morgan fingerprint density at radius 1 is 1.06 bits per heavy atom. The first-order valence-electron chi connectivity index (χ1n) is 12.3. The molecule has 1 aromatic rings. The molecule has 0 aromatic heterocycles.